The van der Waals surface area contributed by atoms with E-state index in [9.17, 15) is 0 Å². The lowest BCUT2D eigenvalue weighted by Gasteiger charge is -1.91. The van der Waals surface area contributed by atoms with E-state index in [1.807, 2.05) is 24.3 Å². The van der Waals surface area contributed by atoms with Gasteiger partial charge in [0.1, 0.15) is 6.61 Å². The second-order valence-electron chi connectivity index (χ2n) is 2.84. The largest absolute Gasteiger partial charge is 0.356 e. The molecule has 0 saturated carbocycles. The van der Waals surface area contributed by atoms with Crippen molar-refractivity contribution in [1.29, 1.82) is 0 Å². The third kappa shape index (κ3) is 1.75. The molecule has 0 atom stereocenters. The Bertz CT molecular complexity index is 424. The van der Waals surface area contributed by atoms with Crippen LogP contribution in [0.3, 0.4) is 0 Å². The highest BCUT2D eigenvalue weighted by atomic mass is 79.9. The van der Waals surface area contributed by atoms with Gasteiger partial charge >= 0.3 is 0 Å². The number of rotatable bonds is 2. The van der Waals surface area contributed by atoms with Crippen molar-refractivity contribution in [3.63, 3.8) is 0 Å². The monoisotopic (exact) mass is 240 g/mol. The molecule has 0 spiro atoms. The lowest BCUT2D eigenvalue weighted by Crippen LogP contribution is -1.98. The summed E-state index contributed by atoms with van der Waals surface area (Å²) in [5.41, 5.74) is 2.07. The number of fused-ring (bicyclic) bond motifs is 1. The van der Waals surface area contributed by atoms with E-state index >= 15 is 0 Å². The second kappa shape index (κ2) is 3.49. The van der Waals surface area contributed by atoms with Gasteiger partial charge in [-0.2, -0.15) is 0 Å². The van der Waals surface area contributed by atoms with Crippen LogP contribution in [0.15, 0.2) is 28.7 Å². The molecule has 1 heterocycles. The number of hydrogen-bond donors (Lipinski definition) is 2. The topological polar surface area (TPSA) is 51.0 Å². The minimum atomic E-state index is 0.409. The molecular formula is C9H9BrN2O. The van der Waals surface area contributed by atoms with Crippen molar-refractivity contribution < 1.29 is 4.84 Å². The van der Waals surface area contributed by atoms with Crippen molar-refractivity contribution in [3.05, 3.63) is 34.4 Å². The number of halogens is 1. The highest BCUT2D eigenvalue weighted by Crippen LogP contribution is 2.20. The molecule has 0 unspecified atom stereocenters. The van der Waals surface area contributed by atoms with Gasteiger partial charge in [-0.3, -0.25) is 4.84 Å². The quantitative estimate of drug-likeness (QED) is 0.792. The number of hydrogen-bond acceptors (Lipinski definition) is 2. The Morgan fingerprint density at radius 1 is 1.38 bits per heavy atom. The lowest BCUT2D eigenvalue weighted by atomic mass is 10.2. The standard InChI is InChI=1S/C9H9BrN2O/c10-7-2-1-6-3-8(5-13-11)12-9(6)4-7/h1-4,12H,5,11H2. The Morgan fingerprint density at radius 2 is 2.23 bits per heavy atom. The average Bonchev–Trinajstić information content (AvgIpc) is 2.46. The maximum absolute atomic E-state index is 4.98. The molecular weight excluding hydrogens is 232 g/mol. The Morgan fingerprint density at radius 3 is 3.00 bits per heavy atom. The summed E-state index contributed by atoms with van der Waals surface area (Å²) >= 11 is 3.40. The van der Waals surface area contributed by atoms with E-state index in [0.29, 0.717) is 6.61 Å². The first kappa shape index (κ1) is 8.74. The molecule has 0 amide bonds. The summed E-state index contributed by atoms with van der Waals surface area (Å²) in [6.45, 7) is 0.409. The molecule has 1 aromatic heterocycles. The SMILES string of the molecule is NOCc1cc2ccc(Br)cc2[nH]1. The van der Waals surface area contributed by atoms with Crippen molar-refractivity contribution in [3.8, 4) is 0 Å². The molecule has 0 fully saturated rings. The molecule has 2 rings (SSSR count). The van der Waals surface area contributed by atoms with Gasteiger partial charge < -0.3 is 4.98 Å². The van der Waals surface area contributed by atoms with Crippen LogP contribution < -0.4 is 5.90 Å². The molecule has 0 radical (unpaired) electrons. The fraction of sp³-hybridized carbons (Fsp3) is 0.111. The smallest absolute Gasteiger partial charge is 0.108 e. The number of aromatic amines is 1. The van der Waals surface area contributed by atoms with Crippen LogP contribution >= 0.6 is 15.9 Å². The highest BCUT2D eigenvalue weighted by Gasteiger charge is 2.00. The highest BCUT2D eigenvalue weighted by molar-refractivity contribution is 9.10. The van der Waals surface area contributed by atoms with E-state index < -0.39 is 0 Å². The van der Waals surface area contributed by atoms with Crippen LogP contribution in [-0.2, 0) is 11.4 Å². The minimum Gasteiger partial charge on any atom is -0.356 e. The Hall–Kier alpha value is -0.840. The van der Waals surface area contributed by atoms with Crippen LogP contribution in [0.4, 0.5) is 0 Å². The van der Waals surface area contributed by atoms with Crippen molar-refractivity contribution in [2.75, 3.05) is 0 Å². The van der Waals surface area contributed by atoms with Gasteiger partial charge in [-0.1, -0.05) is 22.0 Å². The third-order valence-corrected chi connectivity index (χ3v) is 2.37. The Balaban J connectivity index is 2.49. The molecule has 0 aliphatic heterocycles. The van der Waals surface area contributed by atoms with Crippen LogP contribution in [-0.4, -0.2) is 4.98 Å². The number of nitrogens with two attached hydrogens (primary N) is 1. The summed E-state index contributed by atoms with van der Waals surface area (Å²) in [4.78, 5) is 7.75. The zero-order valence-corrected chi connectivity index (χ0v) is 8.47. The second-order valence-corrected chi connectivity index (χ2v) is 3.75. The normalized spacial score (nSPS) is 10.9. The molecule has 13 heavy (non-hydrogen) atoms. The van der Waals surface area contributed by atoms with Crippen LogP contribution in [0.25, 0.3) is 10.9 Å². The molecule has 4 heteroatoms. The van der Waals surface area contributed by atoms with Crippen molar-refractivity contribution in [2.45, 2.75) is 6.61 Å². The van der Waals surface area contributed by atoms with Crippen molar-refractivity contribution in [1.82, 2.24) is 4.98 Å². The third-order valence-electron chi connectivity index (χ3n) is 1.88. The molecule has 0 aliphatic carbocycles. The number of nitrogens with one attached hydrogen (secondary N) is 1. The van der Waals surface area contributed by atoms with E-state index in [-0.39, 0.29) is 0 Å². The van der Waals surface area contributed by atoms with Gasteiger partial charge in [-0.25, -0.2) is 5.90 Å². The molecule has 1 aromatic carbocycles. The van der Waals surface area contributed by atoms with Gasteiger partial charge in [0.05, 0.1) is 0 Å². The maximum Gasteiger partial charge on any atom is 0.108 e. The van der Waals surface area contributed by atoms with Crippen molar-refractivity contribution in [2.24, 2.45) is 5.90 Å². The molecule has 0 saturated heterocycles. The first-order valence-electron chi connectivity index (χ1n) is 3.88. The first-order valence-corrected chi connectivity index (χ1v) is 4.68. The van der Waals surface area contributed by atoms with Gasteiger partial charge in [0.2, 0.25) is 0 Å². The summed E-state index contributed by atoms with van der Waals surface area (Å²) in [5, 5.41) is 1.16. The van der Waals surface area contributed by atoms with Crippen LogP contribution in [0.2, 0.25) is 0 Å². The van der Waals surface area contributed by atoms with E-state index in [2.05, 4.69) is 25.8 Å². The zero-order valence-electron chi connectivity index (χ0n) is 6.88. The summed E-state index contributed by atoms with van der Waals surface area (Å²) in [5.74, 6) is 4.98. The Labute approximate surface area is 84.0 Å². The summed E-state index contributed by atoms with van der Waals surface area (Å²) < 4.78 is 1.06. The van der Waals surface area contributed by atoms with Crippen LogP contribution in [0, 0.1) is 0 Å². The molecule has 3 nitrogen and oxygen atoms in total. The lowest BCUT2D eigenvalue weighted by molar-refractivity contribution is 0.122. The molecule has 0 bridgehead atoms. The van der Waals surface area contributed by atoms with E-state index in [1.54, 1.807) is 0 Å². The molecule has 3 N–H and O–H groups in total. The molecule has 0 aliphatic rings. The summed E-state index contributed by atoms with van der Waals surface area (Å²) in [6, 6.07) is 8.09. The fourth-order valence-electron chi connectivity index (χ4n) is 1.33. The molecule has 2 aromatic rings. The van der Waals surface area contributed by atoms with Gasteiger partial charge in [0.15, 0.2) is 0 Å². The molecule has 68 valence electrons. The Kier molecular flexibility index (Phi) is 2.35. The van der Waals surface area contributed by atoms with Gasteiger partial charge in [0.25, 0.3) is 0 Å². The summed E-state index contributed by atoms with van der Waals surface area (Å²) in [6.07, 6.45) is 0. The number of H-pyrrole nitrogens is 1. The minimum absolute atomic E-state index is 0.409. The van der Waals surface area contributed by atoms with E-state index in [4.69, 9.17) is 5.90 Å². The van der Waals surface area contributed by atoms with Gasteiger partial charge in [0, 0.05) is 15.7 Å². The summed E-state index contributed by atoms with van der Waals surface area (Å²) in [7, 11) is 0. The fourth-order valence-corrected chi connectivity index (χ4v) is 1.69. The van der Waals surface area contributed by atoms with Crippen LogP contribution in [0.1, 0.15) is 5.69 Å². The van der Waals surface area contributed by atoms with E-state index in [1.165, 1.54) is 0 Å². The first-order chi connectivity index (χ1) is 6.29. The maximum atomic E-state index is 4.98. The average molecular weight is 241 g/mol. The van der Waals surface area contributed by atoms with Crippen LogP contribution in [0.5, 0.6) is 0 Å². The van der Waals surface area contributed by atoms with Gasteiger partial charge in [-0.15, -0.1) is 0 Å². The predicted molar refractivity (Wildman–Crippen MR) is 55.0 cm³/mol. The zero-order chi connectivity index (χ0) is 9.26. The van der Waals surface area contributed by atoms with E-state index in [0.717, 1.165) is 21.1 Å². The van der Waals surface area contributed by atoms with Gasteiger partial charge in [-0.05, 0) is 23.6 Å². The number of benzene rings is 1. The predicted octanol–water partition coefficient (Wildman–Crippen LogP) is 2.32. The van der Waals surface area contributed by atoms with Crippen molar-refractivity contribution >= 4 is 26.8 Å². The number of aromatic nitrogens is 1.